The molecule has 104 valence electrons. The van der Waals surface area contributed by atoms with E-state index in [2.05, 4.69) is 5.32 Å². The Hall–Kier alpha value is -3.20. The van der Waals surface area contributed by atoms with Gasteiger partial charge in [-0.05, 0) is 30.3 Å². The number of carboxylic acids is 1. The minimum atomic E-state index is -1.24. The highest BCUT2D eigenvalue weighted by atomic mass is 19.1. The van der Waals surface area contributed by atoms with Gasteiger partial charge in [0.05, 0.1) is 22.4 Å². The van der Waals surface area contributed by atoms with E-state index in [-0.39, 0.29) is 22.4 Å². The Bertz CT molecular complexity index is 766. The van der Waals surface area contributed by atoms with Crippen molar-refractivity contribution in [2.45, 2.75) is 0 Å². The molecule has 0 radical (unpaired) electrons. The molecule has 0 fully saturated rings. The molecule has 0 aliphatic heterocycles. The summed E-state index contributed by atoms with van der Waals surface area (Å²) in [7, 11) is 0. The summed E-state index contributed by atoms with van der Waals surface area (Å²) in [5, 5.41) is 20.4. The second kappa shape index (κ2) is 5.84. The van der Waals surface area contributed by atoms with E-state index in [4.69, 9.17) is 10.4 Å². The fourth-order valence-corrected chi connectivity index (χ4v) is 1.78. The number of aromatic carboxylic acids is 1. The lowest BCUT2D eigenvalue weighted by molar-refractivity contribution is 0.0692. The van der Waals surface area contributed by atoms with Crippen LogP contribution in [0.3, 0.4) is 0 Å². The van der Waals surface area contributed by atoms with Crippen molar-refractivity contribution in [3.63, 3.8) is 0 Å². The number of rotatable bonds is 3. The fraction of sp³-hybridized carbons (Fsp3) is 0. The van der Waals surface area contributed by atoms with E-state index in [9.17, 15) is 14.0 Å². The minimum Gasteiger partial charge on any atom is -0.478 e. The molecule has 0 saturated carbocycles. The highest BCUT2D eigenvalue weighted by Gasteiger charge is 2.17. The number of anilines is 1. The van der Waals surface area contributed by atoms with Gasteiger partial charge in [-0.1, -0.05) is 12.1 Å². The molecule has 0 aromatic heterocycles. The Kier molecular flexibility index (Phi) is 3.95. The van der Waals surface area contributed by atoms with E-state index >= 15 is 0 Å². The number of nitrogens with one attached hydrogen (secondary N) is 1. The molecular weight excluding hydrogens is 275 g/mol. The van der Waals surface area contributed by atoms with Crippen LogP contribution < -0.4 is 5.32 Å². The second-order valence-corrected chi connectivity index (χ2v) is 4.11. The molecule has 0 unspecified atom stereocenters. The van der Waals surface area contributed by atoms with Gasteiger partial charge in [0.25, 0.3) is 5.91 Å². The summed E-state index contributed by atoms with van der Waals surface area (Å²) >= 11 is 0. The predicted molar refractivity (Wildman–Crippen MR) is 72.5 cm³/mol. The van der Waals surface area contributed by atoms with Crippen molar-refractivity contribution in [3.05, 3.63) is 65.0 Å². The number of carboxylic acid groups (broad SMARTS) is 1. The van der Waals surface area contributed by atoms with E-state index < -0.39 is 17.7 Å². The SMILES string of the molecule is N#Cc1cc(F)ccc1NC(=O)c1ccccc1C(=O)O. The number of hydrogen-bond donors (Lipinski definition) is 2. The molecule has 0 bridgehead atoms. The topological polar surface area (TPSA) is 90.2 Å². The molecule has 0 heterocycles. The maximum absolute atomic E-state index is 13.0. The first-order valence-corrected chi connectivity index (χ1v) is 5.86. The van der Waals surface area contributed by atoms with E-state index in [0.717, 1.165) is 12.1 Å². The number of nitrogens with zero attached hydrogens (tertiary/aromatic N) is 1. The molecule has 2 aromatic rings. The van der Waals surface area contributed by atoms with Crippen LogP contribution in [0, 0.1) is 17.1 Å². The number of amides is 1. The van der Waals surface area contributed by atoms with E-state index in [1.807, 2.05) is 0 Å². The van der Waals surface area contributed by atoms with Gasteiger partial charge in [-0.25, -0.2) is 9.18 Å². The highest BCUT2D eigenvalue weighted by molar-refractivity contribution is 6.11. The van der Waals surface area contributed by atoms with Crippen LogP contribution in [-0.2, 0) is 0 Å². The van der Waals surface area contributed by atoms with Crippen molar-refractivity contribution in [1.29, 1.82) is 5.26 Å². The normalized spacial score (nSPS) is 9.71. The van der Waals surface area contributed by atoms with Crippen LogP contribution in [0.25, 0.3) is 0 Å². The molecule has 1 amide bonds. The van der Waals surface area contributed by atoms with Crippen LogP contribution in [0.2, 0.25) is 0 Å². The lowest BCUT2D eigenvalue weighted by Crippen LogP contribution is -2.17. The summed E-state index contributed by atoms with van der Waals surface area (Å²) < 4.78 is 13.0. The Morgan fingerprint density at radius 1 is 1.14 bits per heavy atom. The Morgan fingerprint density at radius 2 is 1.81 bits per heavy atom. The summed E-state index contributed by atoms with van der Waals surface area (Å²) in [6, 6.07) is 10.8. The third-order valence-electron chi connectivity index (χ3n) is 2.75. The van der Waals surface area contributed by atoms with Gasteiger partial charge in [0, 0.05) is 0 Å². The largest absolute Gasteiger partial charge is 0.478 e. The molecule has 21 heavy (non-hydrogen) atoms. The summed E-state index contributed by atoms with van der Waals surface area (Å²) in [5.74, 6) is -2.52. The van der Waals surface area contributed by atoms with Gasteiger partial charge >= 0.3 is 5.97 Å². The van der Waals surface area contributed by atoms with Gasteiger partial charge in [0.1, 0.15) is 11.9 Å². The summed E-state index contributed by atoms with van der Waals surface area (Å²) in [4.78, 5) is 23.2. The molecule has 2 aromatic carbocycles. The molecular formula is C15H9FN2O3. The minimum absolute atomic E-state index is 0.0433. The Balaban J connectivity index is 2.36. The molecule has 0 saturated heterocycles. The lowest BCUT2D eigenvalue weighted by Gasteiger charge is -2.09. The average Bonchev–Trinajstić information content (AvgIpc) is 2.48. The quantitative estimate of drug-likeness (QED) is 0.906. The van der Waals surface area contributed by atoms with E-state index in [1.165, 1.54) is 30.3 Å². The van der Waals surface area contributed by atoms with Gasteiger partial charge in [-0.2, -0.15) is 5.26 Å². The highest BCUT2D eigenvalue weighted by Crippen LogP contribution is 2.18. The number of carbonyl (C=O) groups excluding carboxylic acids is 1. The lowest BCUT2D eigenvalue weighted by atomic mass is 10.1. The standard InChI is InChI=1S/C15H9FN2O3/c16-10-5-6-13(9(7-10)8-17)18-14(19)11-3-1-2-4-12(11)15(20)21/h1-7H,(H,18,19)(H,20,21). The molecule has 0 aliphatic rings. The van der Waals surface area contributed by atoms with Crippen molar-refractivity contribution >= 4 is 17.6 Å². The molecule has 0 aliphatic carbocycles. The molecule has 2 rings (SSSR count). The summed E-state index contributed by atoms with van der Waals surface area (Å²) in [6.07, 6.45) is 0. The molecule has 0 atom stereocenters. The zero-order valence-corrected chi connectivity index (χ0v) is 10.6. The van der Waals surface area contributed by atoms with Crippen LogP contribution in [-0.4, -0.2) is 17.0 Å². The van der Waals surface area contributed by atoms with Gasteiger partial charge < -0.3 is 10.4 Å². The number of carbonyl (C=O) groups is 2. The predicted octanol–water partition coefficient (Wildman–Crippen LogP) is 2.65. The second-order valence-electron chi connectivity index (χ2n) is 4.11. The zero-order valence-electron chi connectivity index (χ0n) is 10.6. The summed E-state index contributed by atoms with van der Waals surface area (Å²) in [6.45, 7) is 0. The third-order valence-corrected chi connectivity index (χ3v) is 2.75. The number of halogens is 1. The Morgan fingerprint density at radius 3 is 2.43 bits per heavy atom. The van der Waals surface area contributed by atoms with Crippen molar-refractivity contribution in [3.8, 4) is 6.07 Å². The van der Waals surface area contributed by atoms with Gasteiger partial charge in [-0.15, -0.1) is 0 Å². The number of nitriles is 1. The molecule has 6 heteroatoms. The fourth-order valence-electron chi connectivity index (χ4n) is 1.78. The van der Waals surface area contributed by atoms with Gasteiger partial charge in [0.2, 0.25) is 0 Å². The monoisotopic (exact) mass is 284 g/mol. The summed E-state index contributed by atoms with van der Waals surface area (Å²) in [5.41, 5.74) is -0.130. The zero-order chi connectivity index (χ0) is 15.4. The molecule has 2 N–H and O–H groups in total. The van der Waals surface area contributed by atoms with Gasteiger partial charge in [0.15, 0.2) is 0 Å². The van der Waals surface area contributed by atoms with Crippen molar-refractivity contribution in [2.24, 2.45) is 0 Å². The van der Waals surface area contributed by atoms with Crippen LogP contribution >= 0.6 is 0 Å². The first-order chi connectivity index (χ1) is 10.0. The van der Waals surface area contributed by atoms with Gasteiger partial charge in [-0.3, -0.25) is 4.79 Å². The van der Waals surface area contributed by atoms with E-state index in [1.54, 1.807) is 6.07 Å². The number of hydrogen-bond acceptors (Lipinski definition) is 3. The maximum Gasteiger partial charge on any atom is 0.336 e. The Labute approximate surface area is 119 Å². The first-order valence-electron chi connectivity index (χ1n) is 5.86. The van der Waals surface area contributed by atoms with Crippen molar-refractivity contribution in [1.82, 2.24) is 0 Å². The number of benzene rings is 2. The smallest absolute Gasteiger partial charge is 0.336 e. The van der Waals surface area contributed by atoms with Crippen molar-refractivity contribution in [2.75, 3.05) is 5.32 Å². The van der Waals surface area contributed by atoms with E-state index in [0.29, 0.717) is 0 Å². The average molecular weight is 284 g/mol. The van der Waals surface area contributed by atoms with Crippen molar-refractivity contribution < 1.29 is 19.1 Å². The first kappa shape index (κ1) is 14.2. The van der Waals surface area contributed by atoms with Crippen LogP contribution in [0.15, 0.2) is 42.5 Å². The van der Waals surface area contributed by atoms with Crippen LogP contribution in [0.4, 0.5) is 10.1 Å². The maximum atomic E-state index is 13.0. The molecule has 5 nitrogen and oxygen atoms in total. The third kappa shape index (κ3) is 3.04. The molecule has 0 spiro atoms. The van der Waals surface area contributed by atoms with Crippen LogP contribution in [0.5, 0.6) is 0 Å². The van der Waals surface area contributed by atoms with Crippen LogP contribution in [0.1, 0.15) is 26.3 Å².